The molecule has 1 amide bonds. The second-order valence-electron chi connectivity index (χ2n) is 7.84. The Labute approximate surface area is 157 Å². The van der Waals surface area contributed by atoms with Crippen LogP contribution < -0.4 is 9.47 Å². The first-order valence-electron chi connectivity index (χ1n) is 9.13. The fraction of sp³-hybridized carbons (Fsp3) is 0.500. The van der Waals surface area contributed by atoms with Crippen LogP contribution in [-0.2, 0) is 14.3 Å². The highest BCUT2D eigenvalue weighted by atomic mass is 16.7. The van der Waals surface area contributed by atoms with E-state index in [1.165, 1.54) is 6.08 Å². The molecule has 1 N–H and O–H groups in total. The molecule has 144 valence electrons. The highest BCUT2D eigenvalue weighted by Crippen LogP contribution is 2.38. The summed E-state index contributed by atoms with van der Waals surface area (Å²) in [7, 11) is 0. The van der Waals surface area contributed by atoms with Crippen molar-refractivity contribution in [2.75, 3.05) is 19.9 Å². The monoisotopic (exact) mass is 373 g/mol. The quantitative estimate of drug-likeness (QED) is 0.850. The number of piperidine rings is 1. The van der Waals surface area contributed by atoms with Crippen molar-refractivity contribution in [3.05, 3.63) is 35.6 Å². The Balaban J connectivity index is 1.46. The SMILES string of the molecule is CC1(C)CC(=O)C=C(C(=O)N2CC[C@H](c3ccc4c(c3)OCO4)[C@@H](O)C2)O1. The van der Waals surface area contributed by atoms with Gasteiger partial charge in [0.1, 0.15) is 5.60 Å². The molecule has 2 atom stereocenters. The van der Waals surface area contributed by atoms with Crippen molar-refractivity contribution in [3.63, 3.8) is 0 Å². The van der Waals surface area contributed by atoms with Gasteiger partial charge in [0.25, 0.3) is 5.91 Å². The number of rotatable bonds is 2. The minimum absolute atomic E-state index is 0.0602. The van der Waals surface area contributed by atoms with Gasteiger partial charge < -0.3 is 24.2 Å². The smallest absolute Gasteiger partial charge is 0.289 e. The van der Waals surface area contributed by atoms with Crippen molar-refractivity contribution in [1.29, 1.82) is 0 Å². The number of benzene rings is 1. The maximum Gasteiger partial charge on any atom is 0.289 e. The van der Waals surface area contributed by atoms with Crippen molar-refractivity contribution < 1.29 is 28.9 Å². The molecule has 1 saturated heterocycles. The van der Waals surface area contributed by atoms with Gasteiger partial charge in [0, 0.05) is 31.5 Å². The van der Waals surface area contributed by atoms with E-state index in [0.29, 0.717) is 24.5 Å². The van der Waals surface area contributed by atoms with Gasteiger partial charge in [-0.2, -0.15) is 0 Å². The van der Waals surface area contributed by atoms with Crippen LogP contribution in [0.2, 0.25) is 0 Å². The molecule has 4 rings (SSSR count). The number of carbonyl (C=O) groups is 2. The van der Waals surface area contributed by atoms with Gasteiger partial charge in [-0.25, -0.2) is 0 Å². The van der Waals surface area contributed by atoms with E-state index in [9.17, 15) is 14.7 Å². The van der Waals surface area contributed by atoms with E-state index >= 15 is 0 Å². The van der Waals surface area contributed by atoms with Crippen molar-refractivity contribution in [2.45, 2.75) is 44.3 Å². The van der Waals surface area contributed by atoms with Gasteiger partial charge in [-0.1, -0.05) is 6.07 Å². The second-order valence-corrected chi connectivity index (χ2v) is 7.84. The van der Waals surface area contributed by atoms with Crippen molar-refractivity contribution in [1.82, 2.24) is 4.90 Å². The first-order chi connectivity index (χ1) is 12.8. The van der Waals surface area contributed by atoms with Crippen molar-refractivity contribution in [3.8, 4) is 11.5 Å². The number of hydrogen-bond acceptors (Lipinski definition) is 6. The van der Waals surface area contributed by atoms with Crippen LogP contribution in [-0.4, -0.2) is 53.3 Å². The summed E-state index contributed by atoms with van der Waals surface area (Å²) in [4.78, 5) is 26.2. The Morgan fingerprint density at radius 2 is 2.04 bits per heavy atom. The first kappa shape index (κ1) is 17.9. The van der Waals surface area contributed by atoms with Crippen LogP contribution in [0.25, 0.3) is 0 Å². The molecule has 1 fully saturated rings. The molecule has 0 unspecified atom stereocenters. The lowest BCUT2D eigenvalue weighted by atomic mass is 9.86. The number of likely N-dealkylation sites (tertiary alicyclic amines) is 1. The number of amides is 1. The summed E-state index contributed by atoms with van der Waals surface area (Å²) in [6.07, 6.45) is 1.41. The molecule has 3 aliphatic heterocycles. The molecular formula is C20H23NO6. The van der Waals surface area contributed by atoms with Crippen LogP contribution in [0.3, 0.4) is 0 Å². The van der Waals surface area contributed by atoms with Crippen LogP contribution in [0, 0.1) is 0 Å². The number of allylic oxidation sites excluding steroid dienone is 1. The highest BCUT2D eigenvalue weighted by Gasteiger charge is 2.37. The number of hydrogen-bond donors (Lipinski definition) is 1. The fourth-order valence-corrected chi connectivity index (χ4v) is 3.89. The van der Waals surface area contributed by atoms with E-state index in [4.69, 9.17) is 14.2 Å². The van der Waals surface area contributed by atoms with E-state index in [1.807, 2.05) is 18.2 Å². The number of nitrogens with zero attached hydrogens (tertiary/aromatic N) is 1. The zero-order valence-corrected chi connectivity index (χ0v) is 15.4. The van der Waals surface area contributed by atoms with Crippen LogP contribution in [0.4, 0.5) is 0 Å². The van der Waals surface area contributed by atoms with Crippen LogP contribution >= 0.6 is 0 Å². The molecule has 7 nitrogen and oxygen atoms in total. The lowest BCUT2D eigenvalue weighted by Gasteiger charge is -2.38. The van der Waals surface area contributed by atoms with E-state index in [1.54, 1.807) is 18.7 Å². The molecule has 0 aromatic heterocycles. The zero-order chi connectivity index (χ0) is 19.2. The fourth-order valence-electron chi connectivity index (χ4n) is 3.89. The Morgan fingerprint density at radius 1 is 1.26 bits per heavy atom. The summed E-state index contributed by atoms with van der Waals surface area (Å²) in [5.74, 6) is 0.881. The minimum atomic E-state index is -0.712. The van der Waals surface area contributed by atoms with E-state index in [2.05, 4.69) is 0 Å². The largest absolute Gasteiger partial charge is 0.481 e. The molecule has 27 heavy (non-hydrogen) atoms. The molecule has 0 saturated carbocycles. The number of aliphatic hydroxyl groups excluding tert-OH is 1. The summed E-state index contributed by atoms with van der Waals surface area (Å²) in [5, 5.41) is 10.7. The lowest BCUT2D eigenvalue weighted by Crippen LogP contribution is -2.47. The lowest BCUT2D eigenvalue weighted by molar-refractivity contribution is -0.140. The van der Waals surface area contributed by atoms with Gasteiger partial charge in [-0.15, -0.1) is 0 Å². The molecule has 7 heteroatoms. The van der Waals surface area contributed by atoms with Gasteiger partial charge in [-0.3, -0.25) is 9.59 Å². The van der Waals surface area contributed by atoms with Crippen LogP contribution in [0.5, 0.6) is 11.5 Å². The van der Waals surface area contributed by atoms with E-state index in [0.717, 1.165) is 5.56 Å². The molecule has 0 aliphatic carbocycles. The summed E-state index contributed by atoms with van der Waals surface area (Å²) in [6.45, 7) is 4.44. The second kappa shape index (κ2) is 6.56. The molecule has 3 heterocycles. The number of fused-ring (bicyclic) bond motifs is 1. The summed E-state index contributed by atoms with van der Waals surface area (Å²) in [6, 6.07) is 5.66. The average Bonchev–Trinajstić information content (AvgIpc) is 3.07. The predicted octanol–water partition coefficient (Wildman–Crippen LogP) is 1.74. The average molecular weight is 373 g/mol. The van der Waals surface area contributed by atoms with Gasteiger partial charge in [0.15, 0.2) is 23.0 Å². The Kier molecular flexibility index (Phi) is 4.34. The van der Waals surface area contributed by atoms with Gasteiger partial charge in [0.2, 0.25) is 6.79 Å². The number of carbonyl (C=O) groups excluding carboxylic acids is 2. The first-order valence-corrected chi connectivity index (χ1v) is 9.13. The number of ether oxygens (including phenoxy) is 3. The van der Waals surface area contributed by atoms with Crippen molar-refractivity contribution in [2.24, 2.45) is 0 Å². The third-order valence-electron chi connectivity index (χ3n) is 5.18. The molecule has 1 aromatic rings. The molecule has 1 aromatic carbocycles. The Hall–Kier alpha value is -2.54. The van der Waals surface area contributed by atoms with E-state index < -0.39 is 11.7 Å². The molecule has 0 spiro atoms. The highest BCUT2D eigenvalue weighted by molar-refractivity contribution is 6.01. The number of β-amino-alcohol motifs (C(OH)–C–C–N with tert-alkyl or cyclic N) is 1. The van der Waals surface area contributed by atoms with Gasteiger partial charge >= 0.3 is 0 Å². The number of aliphatic hydroxyl groups is 1. The number of ketones is 1. The van der Waals surface area contributed by atoms with Crippen LogP contribution in [0.15, 0.2) is 30.0 Å². The van der Waals surface area contributed by atoms with E-state index in [-0.39, 0.29) is 43.1 Å². The Bertz CT molecular complexity index is 815. The minimum Gasteiger partial charge on any atom is -0.481 e. The summed E-state index contributed by atoms with van der Waals surface area (Å²) < 4.78 is 16.4. The topological polar surface area (TPSA) is 85.3 Å². The molecule has 0 radical (unpaired) electrons. The standard InChI is InChI=1S/C20H23NO6/c1-20(2)9-13(22)8-18(27-20)19(24)21-6-5-14(15(23)10-21)12-3-4-16-17(7-12)26-11-25-16/h3-4,7-8,14-15,23H,5-6,9-11H2,1-2H3/t14-,15+/m1/s1. The Morgan fingerprint density at radius 3 is 2.78 bits per heavy atom. The zero-order valence-electron chi connectivity index (χ0n) is 15.4. The normalized spacial score (nSPS) is 26.4. The maximum absolute atomic E-state index is 12.8. The molecular weight excluding hydrogens is 350 g/mol. The molecule has 3 aliphatic rings. The van der Waals surface area contributed by atoms with Gasteiger partial charge in [-0.05, 0) is 38.0 Å². The third kappa shape index (κ3) is 3.51. The molecule has 0 bridgehead atoms. The maximum atomic E-state index is 12.8. The summed E-state index contributed by atoms with van der Waals surface area (Å²) >= 11 is 0. The van der Waals surface area contributed by atoms with Crippen molar-refractivity contribution >= 4 is 11.7 Å². The third-order valence-corrected chi connectivity index (χ3v) is 5.18. The van der Waals surface area contributed by atoms with Crippen LogP contribution in [0.1, 0.15) is 38.2 Å². The predicted molar refractivity (Wildman–Crippen MR) is 95.4 cm³/mol. The summed E-state index contributed by atoms with van der Waals surface area (Å²) in [5.41, 5.74) is 0.267. The van der Waals surface area contributed by atoms with Gasteiger partial charge in [0.05, 0.1) is 6.10 Å².